The van der Waals surface area contributed by atoms with Gasteiger partial charge in [0, 0.05) is 6.42 Å². The fourth-order valence-corrected chi connectivity index (χ4v) is 4.59. The van der Waals surface area contributed by atoms with Crippen molar-refractivity contribution in [3.8, 4) is 0 Å². The van der Waals surface area contributed by atoms with Gasteiger partial charge in [0.25, 0.3) is 0 Å². The van der Waals surface area contributed by atoms with Crippen LogP contribution in [0.3, 0.4) is 0 Å². The summed E-state index contributed by atoms with van der Waals surface area (Å²) in [5.41, 5.74) is 13.6. The van der Waals surface area contributed by atoms with Gasteiger partial charge in [-0.25, -0.2) is 4.98 Å². The van der Waals surface area contributed by atoms with Gasteiger partial charge in [0.05, 0.1) is 12.9 Å². The maximum atomic E-state index is 11.3. The molecule has 3 heterocycles. The normalized spacial score (nSPS) is 24.0. The number of anilines is 2. The predicted octanol–water partition coefficient (Wildman–Crippen LogP) is 1.28. The Morgan fingerprint density at radius 1 is 1.00 bits per heavy atom. The lowest BCUT2D eigenvalue weighted by Crippen LogP contribution is -2.45. The number of hydrogen-bond acceptors (Lipinski definition) is 9. The Morgan fingerprint density at radius 3 is 2.20 bits per heavy atom. The van der Waals surface area contributed by atoms with E-state index >= 15 is 0 Å². The van der Waals surface area contributed by atoms with Crippen LogP contribution in [0.2, 0.25) is 0 Å². The monoisotopic (exact) mass is 474 g/mol. The predicted molar refractivity (Wildman–Crippen MR) is 131 cm³/mol. The maximum absolute atomic E-state index is 11.3. The van der Waals surface area contributed by atoms with Crippen LogP contribution in [0, 0.1) is 0 Å². The Kier molecular flexibility index (Phi) is 5.95. The van der Waals surface area contributed by atoms with Crippen LogP contribution in [0.25, 0.3) is 16.7 Å². The number of hydrogen-bond donors (Lipinski definition) is 5. The molecule has 0 bridgehead atoms. The zero-order valence-electron chi connectivity index (χ0n) is 18.8. The molecule has 1 aliphatic rings. The number of imidazole rings is 1. The van der Waals surface area contributed by atoms with Crippen LogP contribution in [0.15, 0.2) is 73.1 Å². The number of nitrogens with two attached hydrogens (primary N) is 2. The summed E-state index contributed by atoms with van der Waals surface area (Å²) in [6.45, 7) is -0.486. The lowest BCUT2D eigenvalue weighted by molar-refractivity contribution is -0.143. The molecule has 0 saturated carbocycles. The maximum Gasteiger partial charge on any atom is 0.224 e. The second-order valence-corrected chi connectivity index (χ2v) is 8.43. The van der Waals surface area contributed by atoms with Crippen LogP contribution in [0.5, 0.6) is 0 Å². The molecule has 1 aliphatic heterocycles. The molecule has 0 spiro atoms. The molecule has 1 saturated heterocycles. The first kappa shape index (κ1) is 22.9. The third-order valence-corrected chi connectivity index (χ3v) is 6.32. The molecular formula is C25H26N6O4. The van der Waals surface area contributed by atoms with Crippen molar-refractivity contribution in [1.29, 1.82) is 0 Å². The molecule has 2 aromatic carbocycles. The molecule has 1 fully saturated rings. The van der Waals surface area contributed by atoms with Crippen LogP contribution < -0.4 is 11.5 Å². The van der Waals surface area contributed by atoms with Gasteiger partial charge in [0.15, 0.2) is 17.2 Å². The zero-order valence-corrected chi connectivity index (χ0v) is 18.8. The molecule has 180 valence electrons. The summed E-state index contributed by atoms with van der Waals surface area (Å²) in [5, 5.41) is 31.8. The second kappa shape index (κ2) is 9.08. The third-order valence-electron chi connectivity index (χ3n) is 6.32. The van der Waals surface area contributed by atoms with E-state index in [2.05, 4.69) is 15.0 Å². The van der Waals surface area contributed by atoms with Crippen LogP contribution in [-0.2, 0) is 10.5 Å². The fraction of sp³-hybridized carbons (Fsp3) is 0.240. The molecule has 7 N–H and O–H groups in total. The molecule has 4 atom stereocenters. The van der Waals surface area contributed by atoms with Gasteiger partial charge >= 0.3 is 0 Å². The van der Waals surface area contributed by atoms with Crippen molar-refractivity contribution in [1.82, 2.24) is 19.5 Å². The van der Waals surface area contributed by atoms with E-state index in [-0.39, 0.29) is 29.4 Å². The standard InChI is InChI=1S/C25H26N6O4/c26-22-19-23(30-24(27)29-22)31(14-28-19)25(21(34)20(33)18(13-32)35-25)12-11-17(15-7-3-1-4-8-15)16-9-5-2-6-10-16/h1-11,14,18,20-21,32-34H,12-13H2,(H4,26,27,29,30)/t18-,20-,21-,25-/m1/s1. The molecular weight excluding hydrogens is 448 g/mol. The van der Waals surface area contributed by atoms with Crippen molar-refractivity contribution < 1.29 is 20.1 Å². The molecule has 0 amide bonds. The average molecular weight is 475 g/mol. The summed E-state index contributed by atoms with van der Waals surface area (Å²) in [5.74, 6) is 0.0152. The highest BCUT2D eigenvalue weighted by atomic mass is 16.6. The quantitative estimate of drug-likeness (QED) is 0.277. The van der Waals surface area contributed by atoms with Crippen molar-refractivity contribution in [3.63, 3.8) is 0 Å². The number of benzene rings is 2. The number of fused-ring (bicyclic) bond motifs is 1. The van der Waals surface area contributed by atoms with Crippen molar-refractivity contribution in [2.75, 3.05) is 18.1 Å². The molecule has 10 heteroatoms. The van der Waals surface area contributed by atoms with E-state index in [1.807, 2.05) is 66.7 Å². The highest BCUT2D eigenvalue weighted by Crippen LogP contribution is 2.42. The molecule has 2 aromatic heterocycles. The SMILES string of the molecule is Nc1nc(N)c2ncn([C@]3(CC=C(c4ccccc4)c4ccccc4)O[C@H](CO)[C@@H](O)[C@H]3O)c2n1. The van der Waals surface area contributed by atoms with E-state index in [1.165, 1.54) is 10.9 Å². The smallest absolute Gasteiger partial charge is 0.224 e. The van der Waals surface area contributed by atoms with E-state index in [4.69, 9.17) is 16.2 Å². The van der Waals surface area contributed by atoms with Gasteiger partial charge in [-0.1, -0.05) is 66.7 Å². The minimum Gasteiger partial charge on any atom is -0.394 e. The van der Waals surface area contributed by atoms with Crippen LogP contribution >= 0.6 is 0 Å². The summed E-state index contributed by atoms with van der Waals surface area (Å²) in [6, 6.07) is 19.6. The lowest BCUT2D eigenvalue weighted by atomic mass is 9.93. The van der Waals surface area contributed by atoms with E-state index < -0.39 is 30.6 Å². The number of aliphatic hydroxyl groups is 3. The number of nitrogens with zero attached hydrogens (tertiary/aromatic N) is 4. The average Bonchev–Trinajstić information content (AvgIpc) is 3.41. The first-order valence-corrected chi connectivity index (χ1v) is 11.2. The second-order valence-electron chi connectivity index (χ2n) is 8.43. The summed E-state index contributed by atoms with van der Waals surface area (Å²) >= 11 is 0. The highest BCUT2D eigenvalue weighted by Gasteiger charge is 2.55. The first-order valence-electron chi connectivity index (χ1n) is 11.2. The Hall–Kier alpha value is -3.83. The molecule has 35 heavy (non-hydrogen) atoms. The number of aliphatic hydroxyl groups excluding tert-OH is 3. The zero-order chi connectivity index (χ0) is 24.6. The molecule has 0 aliphatic carbocycles. The number of rotatable bonds is 6. The van der Waals surface area contributed by atoms with Gasteiger partial charge in [0.2, 0.25) is 5.95 Å². The van der Waals surface area contributed by atoms with Gasteiger partial charge in [-0.3, -0.25) is 4.57 Å². The van der Waals surface area contributed by atoms with Gasteiger partial charge < -0.3 is 31.5 Å². The third kappa shape index (κ3) is 3.92. The Bertz CT molecular complexity index is 1320. The Labute approximate surface area is 201 Å². The van der Waals surface area contributed by atoms with Crippen LogP contribution in [0.4, 0.5) is 11.8 Å². The summed E-state index contributed by atoms with van der Waals surface area (Å²) in [6.07, 6.45) is -0.332. The lowest BCUT2D eigenvalue weighted by Gasteiger charge is -2.33. The minimum atomic E-state index is -1.55. The van der Waals surface area contributed by atoms with Crippen molar-refractivity contribution >= 4 is 28.5 Å². The first-order chi connectivity index (χ1) is 16.9. The topological polar surface area (TPSA) is 166 Å². The van der Waals surface area contributed by atoms with Gasteiger partial charge in [-0.15, -0.1) is 0 Å². The Morgan fingerprint density at radius 2 is 1.63 bits per heavy atom. The number of ether oxygens (including phenoxy) is 1. The van der Waals surface area contributed by atoms with Crippen molar-refractivity contribution in [2.24, 2.45) is 0 Å². The van der Waals surface area contributed by atoms with Crippen LogP contribution in [0.1, 0.15) is 17.5 Å². The van der Waals surface area contributed by atoms with Crippen molar-refractivity contribution in [2.45, 2.75) is 30.5 Å². The van der Waals surface area contributed by atoms with E-state index in [0.717, 1.165) is 16.7 Å². The molecule has 0 radical (unpaired) electrons. The van der Waals surface area contributed by atoms with Gasteiger partial charge in [-0.05, 0) is 16.7 Å². The van der Waals surface area contributed by atoms with Gasteiger partial charge in [0.1, 0.15) is 23.8 Å². The van der Waals surface area contributed by atoms with Crippen LogP contribution in [-0.4, -0.2) is 59.8 Å². The number of aromatic nitrogens is 4. The van der Waals surface area contributed by atoms with E-state index in [1.54, 1.807) is 0 Å². The van der Waals surface area contributed by atoms with Crippen molar-refractivity contribution in [3.05, 3.63) is 84.2 Å². The molecule has 10 nitrogen and oxygen atoms in total. The largest absolute Gasteiger partial charge is 0.394 e. The summed E-state index contributed by atoms with van der Waals surface area (Å²) < 4.78 is 7.67. The van der Waals surface area contributed by atoms with E-state index in [0.29, 0.717) is 0 Å². The Balaban J connectivity index is 1.69. The molecule has 0 unspecified atom stereocenters. The fourth-order valence-electron chi connectivity index (χ4n) is 4.59. The van der Waals surface area contributed by atoms with Gasteiger partial charge in [-0.2, -0.15) is 9.97 Å². The highest BCUT2D eigenvalue weighted by molar-refractivity contribution is 5.83. The molecule has 5 rings (SSSR count). The summed E-state index contributed by atoms with van der Waals surface area (Å²) in [4.78, 5) is 12.5. The minimum absolute atomic E-state index is 0.0663. The van der Waals surface area contributed by atoms with E-state index in [9.17, 15) is 15.3 Å². The summed E-state index contributed by atoms with van der Waals surface area (Å²) in [7, 11) is 0. The molecule has 4 aromatic rings. The number of nitrogen functional groups attached to an aromatic ring is 2.